The van der Waals surface area contributed by atoms with E-state index in [1.807, 2.05) is 48.3 Å². The third-order valence-electron chi connectivity index (χ3n) is 12.2. The van der Waals surface area contributed by atoms with Gasteiger partial charge in [-0.1, -0.05) is 115 Å². The minimum absolute atomic E-state index is 1.07. The van der Waals surface area contributed by atoms with Gasteiger partial charge < -0.3 is 9.47 Å². The lowest BCUT2D eigenvalue weighted by atomic mass is 9.97. The van der Waals surface area contributed by atoms with Crippen LogP contribution in [0, 0.1) is 0 Å². The number of pyridine rings is 2. The monoisotopic (exact) mass is 822 g/mol. The van der Waals surface area contributed by atoms with Gasteiger partial charge in [0.25, 0.3) is 0 Å². The number of benzene rings is 8. The zero-order valence-corrected chi connectivity index (χ0v) is 35.0. The molecule has 0 atom stereocenters. The van der Waals surface area contributed by atoms with Crippen LogP contribution in [0.2, 0.25) is 0 Å². The third-order valence-corrected chi connectivity index (χ3v) is 13.3. The van der Waals surface area contributed by atoms with E-state index in [9.17, 15) is 0 Å². The predicted molar refractivity (Wildman–Crippen MR) is 266 cm³/mol. The van der Waals surface area contributed by atoms with Crippen LogP contribution in [0.5, 0.6) is 0 Å². The number of nitrogens with zero attached hydrogens (tertiary/aromatic N) is 4. The van der Waals surface area contributed by atoms with E-state index in [2.05, 4.69) is 214 Å². The second-order valence-corrected chi connectivity index (χ2v) is 17.0. The predicted octanol–water partition coefficient (Wildman–Crippen LogP) is 16.1. The van der Waals surface area contributed by atoms with Crippen LogP contribution < -0.4 is 4.90 Å². The van der Waals surface area contributed by atoms with E-state index in [1.165, 1.54) is 64.4 Å². The summed E-state index contributed by atoms with van der Waals surface area (Å²) in [4.78, 5) is 11.0. The van der Waals surface area contributed by atoms with Crippen LogP contribution in [0.25, 0.3) is 92.2 Å². The molecule has 0 radical (unpaired) electrons. The van der Waals surface area contributed by atoms with Gasteiger partial charge in [-0.05, 0) is 136 Å². The van der Waals surface area contributed by atoms with Crippen LogP contribution in [0.4, 0.5) is 17.1 Å². The molecule has 0 spiro atoms. The standard InChI is InChI=1S/C58H38N4S/c1-3-15-53-50(13-1)52-36-44(25-32-54(52)62(53)55-16-6-18-57-58(55)51-14-2-4-17-56(51)63-57)43-10-5-9-42(35-43)39-19-26-47(27-20-39)61(48-28-21-40(22-29-48)45-11-7-33-59-37-45)49-30-23-41(24-31-49)46-12-8-34-60-38-46/h1-38H. The maximum absolute atomic E-state index is 4.34. The Hall–Kier alpha value is -8.12. The Balaban J connectivity index is 0.900. The zero-order chi connectivity index (χ0) is 41.7. The Bertz CT molecular complexity index is 3510. The van der Waals surface area contributed by atoms with Gasteiger partial charge in [-0.25, -0.2) is 0 Å². The molecule has 0 saturated heterocycles. The molecule has 0 saturated carbocycles. The minimum atomic E-state index is 1.07. The van der Waals surface area contributed by atoms with Crippen molar-refractivity contribution in [2.75, 3.05) is 4.90 Å². The SMILES string of the molecule is c1cncc(-c2ccc(N(c3ccc(-c4cccnc4)cc3)c3ccc(-c4cccc(-c5ccc6c(c5)c5ccccc5n6-c5cccc6sc7ccccc7c56)c4)cc3)cc2)c1. The summed E-state index contributed by atoms with van der Waals surface area (Å²) in [6.45, 7) is 0. The highest BCUT2D eigenvalue weighted by Gasteiger charge is 2.18. The van der Waals surface area contributed by atoms with Gasteiger partial charge in [0.05, 0.1) is 16.7 Å². The van der Waals surface area contributed by atoms with Gasteiger partial charge in [-0.15, -0.1) is 11.3 Å². The van der Waals surface area contributed by atoms with E-state index in [0.29, 0.717) is 0 Å². The molecule has 4 nitrogen and oxygen atoms in total. The lowest BCUT2D eigenvalue weighted by molar-refractivity contribution is 1.20. The smallest absolute Gasteiger partial charge is 0.0555 e. The normalized spacial score (nSPS) is 11.5. The molecule has 63 heavy (non-hydrogen) atoms. The van der Waals surface area contributed by atoms with Gasteiger partial charge in [-0.3, -0.25) is 9.97 Å². The number of hydrogen-bond donors (Lipinski definition) is 0. The fraction of sp³-hybridized carbons (Fsp3) is 0. The van der Waals surface area contributed by atoms with Crippen molar-refractivity contribution >= 4 is 70.4 Å². The van der Waals surface area contributed by atoms with E-state index in [1.54, 1.807) is 0 Å². The molecule has 4 heterocycles. The molecule has 0 unspecified atom stereocenters. The molecule has 0 aliphatic carbocycles. The fourth-order valence-electron chi connectivity index (χ4n) is 9.16. The first-order valence-corrected chi connectivity index (χ1v) is 22.0. The molecule has 12 rings (SSSR count). The van der Waals surface area contributed by atoms with Gasteiger partial charge in [0.1, 0.15) is 0 Å². The number of para-hydroxylation sites is 1. The van der Waals surface area contributed by atoms with Crippen LogP contribution in [0.1, 0.15) is 0 Å². The second-order valence-electron chi connectivity index (χ2n) is 15.9. The van der Waals surface area contributed by atoms with Crippen molar-refractivity contribution in [2.45, 2.75) is 0 Å². The lowest BCUT2D eigenvalue weighted by Crippen LogP contribution is -2.09. The Morgan fingerprint density at radius 3 is 1.48 bits per heavy atom. The summed E-state index contributed by atoms with van der Waals surface area (Å²) >= 11 is 1.86. The first kappa shape index (κ1) is 36.7. The number of hydrogen-bond acceptors (Lipinski definition) is 4. The summed E-state index contributed by atoms with van der Waals surface area (Å²) in [6, 6.07) is 74.7. The molecule has 8 aromatic carbocycles. The maximum Gasteiger partial charge on any atom is 0.0555 e. The van der Waals surface area contributed by atoms with Gasteiger partial charge in [0.2, 0.25) is 0 Å². The summed E-state index contributed by atoms with van der Waals surface area (Å²) < 4.78 is 5.08. The van der Waals surface area contributed by atoms with Gasteiger partial charge >= 0.3 is 0 Å². The van der Waals surface area contributed by atoms with Crippen molar-refractivity contribution in [3.05, 3.63) is 231 Å². The number of fused-ring (bicyclic) bond motifs is 6. The van der Waals surface area contributed by atoms with Crippen molar-refractivity contribution in [3.8, 4) is 50.2 Å². The van der Waals surface area contributed by atoms with E-state index < -0.39 is 0 Å². The lowest BCUT2D eigenvalue weighted by Gasteiger charge is -2.26. The second kappa shape index (κ2) is 15.4. The van der Waals surface area contributed by atoms with Crippen molar-refractivity contribution in [1.82, 2.24) is 14.5 Å². The summed E-state index contributed by atoms with van der Waals surface area (Å²) in [5.41, 5.74) is 16.0. The van der Waals surface area contributed by atoms with Gasteiger partial charge in [0, 0.05) is 72.8 Å². The van der Waals surface area contributed by atoms with Crippen LogP contribution in [0.3, 0.4) is 0 Å². The highest BCUT2D eigenvalue weighted by Crippen LogP contribution is 2.42. The van der Waals surface area contributed by atoms with E-state index in [0.717, 1.165) is 44.9 Å². The van der Waals surface area contributed by atoms with Crippen molar-refractivity contribution in [2.24, 2.45) is 0 Å². The largest absolute Gasteiger partial charge is 0.311 e. The van der Waals surface area contributed by atoms with Crippen molar-refractivity contribution in [3.63, 3.8) is 0 Å². The quantitative estimate of drug-likeness (QED) is 0.153. The number of aromatic nitrogens is 3. The summed E-state index contributed by atoms with van der Waals surface area (Å²) in [6.07, 6.45) is 7.43. The minimum Gasteiger partial charge on any atom is -0.311 e. The average Bonchev–Trinajstić information content (AvgIpc) is 3.91. The first-order valence-electron chi connectivity index (χ1n) is 21.2. The molecule has 4 aromatic heterocycles. The zero-order valence-electron chi connectivity index (χ0n) is 34.1. The third kappa shape index (κ3) is 6.54. The highest BCUT2D eigenvalue weighted by molar-refractivity contribution is 7.25. The average molecular weight is 823 g/mol. The van der Waals surface area contributed by atoms with Crippen molar-refractivity contribution < 1.29 is 0 Å². The molecular weight excluding hydrogens is 785 g/mol. The van der Waals surface area contributed by atoms with Crippen LogP contribution in [0.15, 0.2) is 231 Å². The van der Waals surface area contributed by atoms with Crippen molar-refractivity contribution in [1.29, 1.82) is 0 Å². The molecule has 296 valence electrons. The fourth-order valence-corrected chi connectivity index (χ4v) is 10.3. The van der Waals surface area contributed by atoms with Crippen LogP contribution >= 0.6 is 11.3 Å². The molecule has 12 aromatic rings. The first-order chi connectivity index (χ1) is 31.2. The van der Waals surface area contributed by atoms with E-state index in [-0.39, 0.29) is 0 Å². The molecule has 0 bridgehead atoms. The molecule has 0 aliphatic rings. The number of thiophene rings is 1. The molecule has 5 heteroatoms. The Morgan fingerprint density at radius 1 is 0.349 bits per heavy atom. The molecular formula is C58H38N4S. The van der Waals surface area contributed by atoms with Crippen LogP contribution in [-0.2, 0) is 0 Å². The summed E-state index contributed by atoms with van der Waals surface area (Å²) in [7, 11) is 0. The topological polar surface area (TPSA) is 34.0 Å². The number of rotatable bonds is 8. The Kier molecular flexibility index (Phi) is 8.98. The van der Waals surface area contributed by atoms with E-state index in [4.69, 9.17) is 0 Å². The number of anilines is 3. The summed E-state index contributed by atoms with van der Waals surface area (Å²) in [5.74, 6) is 0. The Labute approximate surface area is 369 Å². The molecule has 0 N–H and O–H groups in total. The highest BCUT2D eigenvalue weighted by atomic mass is 32.1. The molecule has 0 amide bonds. The van der Waals surface area contributed by atoms with E-state index >= 15 is 0 Å². The Morgan fingerprint density at radius 2 is 0.841 bits per heavy atom. The molecule has 0 aliphatic heterocycles. The molecule has 0 fully saturated rings. The van der Waals surface area contributed by atoms with Gasteiger partial charge in [-0.2, -0.15) is 0 Å². The van der Waals surface area contributed by atoms with Gasteiger partial charge in [0.15, 0.2) is 0 Å². The van der Waals surface area contributed by atoms with Crippen LogP contribution in [-0.4, -0.2) is 14.5 Å². The maximum atomic E-state index is 4.34. The summed E-state index contributed by atoms with van der Waals surface area (Å²) in [5, 5.41) is 5.11.